The van der Waals surface area contributed by atoms with E-state index >= 15 is 0 Å². The van der Waals surface area contributed by atoms with E-state index in [1.165, 1.54) is 12.8 Å². The molecule has 1 saturated carbocycles. The lowest BCUT2D eigenvalue weighted by Crippen LogP contribution is -2.29. The average Bonchev–Trinajstić information content (AvgIpc) is 3.19. The van der Waals surface area contributed by atoms with Gasteiger partial charge >= 0.3 is 0 Å². The third-order valence-electron chi connectivity index (χ3n) is 2.83. The van der Waals surface area contributed by atoms with Gasteiger partial charge in [0, 0.05) is 25.4 Å². The highest BCUT2D eigenvalue weighted by atomic mass is 32.1. The van der Waals surface area contributed by atoms with Gasteiger partial charge in [-0.05, 0) is 49.5 Å². The number of para-hydroxylation sites is 1. The zero-order valence-corrected chi connectivity index (χ0v) is 11.3. The van der Waals surface area contributed by atoms with E-state index < -0.39 is 0 Å². The highest BCUT2D eigenvalue weighted by Crippen LogP contribution is 2.28. The van der Waals surface area contributed by atoms with Gasteiger partial charge in [0.05, 0.1) is 0 Å². The Morgan fingerprint density at radius 1 is 1.28 bits per heavy atom. The van der Waals surface area contributed by atoms with Gasteiger partial charge in [0.15, 0.2) is 5.11 Å². The Bertz CT molecular complexity index is 365. The molecule has 1 aliphatic rings. The van der Waals surface area contributed by atoms with Gasteiger partial charge in [0.25, 0.3) is 0 Å². The van der Waals surface area contributed by atoms with E-state index in [0.717, 1.165) is 37.8 Å². The van der Waals surface area contributed by atoms with Crippen molar-refractivity contribution in [1.82, 2.24) is 5.32 Å². The molecular formula is C14H20N2OS. The molecule has 0 amide bonds. The van der Waals surface area contributed by atoms with Crippen molar-refractivity contribution in [2.45, 2.75) is 19.3 Å². The Labute approximate surface area is 114 Å². The summed E-state index contributed by atoms with van der Waals surface area (Å²) < 4.78 is 5.55. The molecule has 0 unspecified atom stereocenters. The van der Waals surface area contributed by atoms with Crippen molar-refractivity contribution in [3.63, 3.8) is 0 Å². The maximum atomic E-state index is 5.55. The van der Waals surface area contributed by atoms with E-state index in [1.807, 2.05) is 30.3 Å². The summed E-state index contributed by atoms with van der Waals surface area (Å²) in [6, 6.07) is 9.94. The van der Waals surface area contributed by atoms with Gasteiger partial charge in [-0.3, -0.25) is 0 Å². The number of rotatable bonds is 7. The van der Waals surface area contributed by atoms with Crippen LogP contribution in [0.3, 0.4) is 0 Å². The topological polar surface area (TPSA) is 33.3 Å². The van der Waals surface area contributed by atoms with Crippen LogP contribution < -0.4 is 10.6 Å². The van der Waals surface area contributed by atoms with E-state index in [4.69, 9.17) is 17.0 Å². The first kappa shape index (κ1) is 13.3. The summed E-state index contributed by atoms with van der Waals surface area (Å²) in [5.41, 5.74) is 1.01. The highest BCUT2D eigenvalue weighted by Gasteiger charge is 2.20. The Kier molecular flexibility index (Phi) is 5.42. The SMILES string of the molecule is S=C(NCCCOCC1CC1)Nc1ccccc1. The van der Waals surface area contributed by atoms with Crippen LogP contribution >= 0.6 is 12.2 Å². The van der Waals surface area contributed by atoms with Crippen LogP contribution in [0.1, 0.15) is 19.3 Å². The summed E-state index contributed by atoms with van der Waals surface area (Å²) in [5.74, 6) is 0.846. The summed E-state index contributed by atoms with van der Waals surface area (Å²) in [6.07, 6.45) is 3.69. The van der Waals surface area contributed by atoms with Gasteiger partial charge in [-0.1, -0.05) is 18.2 Å². The second-order valence-electron chi connectivity index (χ2n) is 4.62. The predicted octanol–water partition coefficient (Wildman–Crippen LogP) is 2.79. The molecule has 2 rings (SSSR count). The van der Waals surface area contributed by atoms with Crippen molar-refractivity contribution in [2.75, 3.05) is 25.1 Å². The third kappa shape index (κ3) is 5.47. The molecular weight excluding hydrogens is 244 g/mol. The van der Waals surface area contributed by atoms with Crippen LogP contribution in [0.15, 0.2) is 30.3 Å². The van der Waals surface area contributed by atoms with Crippen LogP contribution in [-0.4, -0.2) is 24.9 Å². The maximum Gasteiger partial charge on any atom is 0.170 e. The molecule has 0 spiro atoms. The predicted molar refractivity (Wildman–Crippen MR) is 78.8 cm³/mol. The Morgan fingerprint density at radius 2 is 2.06 bits per heavy atom. The molecule has 3 nitrogen and oxygen atoms in total. The van der Waals surface area contributed by atoms with Crippen molar-refractivity contribution >= 4 is 23.0 Å². The monoisotopic (exact) mass is 264 g/mol. The quantitative estimate of drug-likeness (QED) is 0.586. The zero-order chi connectivity index (χ0) is 12.6. The number of hydrogen-bond donors (Lipinski definition) is 2. The lowest BCUT2D eigenvalue weighted by atomic mass is 10.3. The van der Waals surface area contributed by atoms with Gasteiger partial charge in [-0.15, -0.1) is 0 Å². The summed E-state index contributed by atoms with van der Waals surface area (Å²) in [7, 11) is 0. The number of thiocarbonyl (C=S) groups is 1. The fourth-order valence-electron chi connectivity index (χ4n) is 1.61. The third-order valence-corrected chi connectivity index (χ3v) is 3.08. The largest absolute Gasteiger partial charge is 0.381 e. The van der Waals surface area contributed by atoms with E-state index in [1.54, 1.807) is 0 Å². The second kappa shape index (κ2) is 7.34. The summed E-state index contributed by atoms with van der Waals surface area (Å²) >= 11 is 5.20. The Hall–Kier alpha value is -1.13. The van der Waals surface area contributed by atoms with Gasteiger partial charge in [-0.25, -0.2) is 0 Å². The smallest absolute Gasteiger partial charge is 0.170 e. The normalized spacial score (nSPS) is 14.2. The number of benzene rings is 1. The first-order chi connectivity index (χ1) is 8.84. The minimum atomic E-state index is 0.670. The molecule has 18 heavy (non-hydrogen) atoms. The average molecular weight is 264 g/mol. The van der Waals surface area contributed by atoms with E-state index in [2.05, 4.69) is 10.6 Å². The zero-order valence-electron chi connectivity index (χ0n) is 10.5. The first-order valence-corrected chi connectivity index (χ1v) is 6.93. The fourth-order valence-corrected chi connectivity index (χ4v) is 1.83. The van der Waals surface area contributed by atoms with Gasteiger partial charge < -0.3 is 15.4 Å². The highest BCUT2D eigenvalue weighted by molar-refractivity contribution is 7.80. The van der Waals surface area contributed by atoms with Crippen molar-refractivity contribution in [2.24, 2.45) is 5.92 Å². The minimum absolute atomic E-state index is 0.670. The van der Waals surface area contributed by atoms with E-state index in [-0.39, 0.29) is 0 Å². The van der Waals surface area contributed by atoms with Crippen molar-refractivity contribution in [3.8, 4) is 0 Å². The first-order valence-electron chi connectivity index (χ1n) is 6.52. The van der Waals surface area contributed by atoms with Crippen LogP contribution in [-0.2, 0) is 4.74 Å². The van der Waals surface area contributed by atoms with E-state index in [0.29, 0.717) is 5.11 Å². The molecule has 0 saturated heterocycles. The molecule has 0 radical (unpaired) electrons. The van der Waals surface area contributed by atoms with Gasteiger partial charge in [-0.2, -0.15) is 0 Å². The lowest BCUT2D eigenvalue weighted by molar-refractivity contribution is 0.123. The summed E-state index contributed by atoms with van der Waals surface area (Å²) in [5, 5.41) is 6.99. The van der Waals surface area contributed by atoms with Crippen LogP contribution in [0, 0.1) is 5.92 Å². The molecule has 0 aromatic heterocycles. The maximum absolute atomic E-state index is 5.55. The van der Waals surface area contributed by atoms with Crippen LogP contribution in [0.2, 0.25) is 0 Å². The molecule has 2 N–H and O–H groups in total. The van der Waals surface area contributed by atoms with Crippen molar-refractivity contribution < 1.29 is 4.74 Å². The Balaban J connectivity index is 1.49. The molecule has 4 heteroatoms. The van der Waals surface area contributed by atoms with Gasteiger partial charge in [0.1, 0.15) is 0 Å². The summed E-state index contributed by atoms with van der Waals surface area (Å²) in [4.78, 5) is 0. The van der Waals surface area contributed by atoms with Crippen molar-refractivity contribution in [1.29, 1.82) is 0 Å². The fraction of sp³-hybridized carbons (Fsp3) is 0.500. The van der Waals surface area contributed by atoms with Gasteiger partial charge in [0.2, 0.25) is 0 Å². The van der Waals surface area contributed by atoms with E-state index in [9.17, 15) is 0 Å². The van der Waals surface area contributed by atoms with Crippen LogP contribution in [0.4, 0.5) is 5.69 Å². The summed E-state index contributed by atoms with van der Waals surface area (Å²) in [6.45, 7) is 2.60. The molecule has 1 fully saturated rings. The standard InChI is InChI=1S/C14H20N2OS/c18-14(16-13-5-2-1-3-6-13)15-9-4-10-17-11-12-7-8-12/h1-3,5-6,12H,4,7-11H2,(H2,15,16,18). The molecule has 1 aromatic carbocycles. The molecule has 98 valence electrons. The molecule has 0 atom stereocenters. The number of anilines is 1. The van der Waals surface area contributed by atoms with Crippen LogP contribution in [0.25, 0.3) is 0 Å². The lowest BCUT2D eigenvalue weighted by Gasteiger charge is -2.10. The Morgan fingerprint density at radius 3 is 2.78 bits per heavy atom. The second-order valence-corrected chi connectivity index (χ2v) is 5.03. The number of ether oxygens (including phenoxy) is 1. The van der Waals surface area contributed by atoms with Crippen molar-refractivity contribution in [3.05, 3.63) is 30.3 Å². The molecule has 0 aliphatic heterocycles. The molecule has 0 bridgehead atoms. The molecule has 1 aliphatic carbocycles. The minimum Gasteiger partial charge on any atom is -0.381 e. The van der Waals surface area contributed by atoms with Crippen LogP contribution in [0.5, 0.6) is 0 Å². The number of nitrogens with one attached hydrogen (secondary N) is 2. The molecule has 0 heterocycles. The molecule has 1 aromatic rings. The number of hydrogen-bond acceptors (Lipinski definition) is 2.